The van der Waals surface area contributed by atoms with Gasteiger partial charge in [-0.3, -0.25) is 0 Å². The van der Waals surface area contributed by atoms with E-state index in [-0.39, 0.29) is 0 Å². The Morgan fingerprint density at radius 1 is 0.500 bits per heavy atom. The molecular weight excluding hydrogens is 128 g/mol. The summed E-state index contributed by atoms with van der Waals surface area (Å²) in [4.78, 5) is 0. The number of hydrogen-bond acceptors (Lipinski definition) is 0. The van der Waals surface area contributed by atoms with Gasteiger partial charge < -0.3 is 0 Å². The maximum Gasteiger partial charge on any atom is -0.0184 e. The van der Waals surface area contributed by atoms with E-state index < -0.39 is 0 Å². The summed E-state index contributed by atoms with van der Waals surface area (Å²) in [5, 5.41) is 2.62. The van der Waals surface area contributed by atoms with Crippen LogP contribution in [0.2, 0.25) is 0 Å². The van der Waals surface area contributed by atoms with E-state index >= 15 is 0 Å². The minimum atomic E-state index is 1.31. The molecule has 0 spiro atoms. The van der Waals surface area contributed by atoms with Gasteiger partial charge in [-0.05, 0) is 10.8 Å². The molecule has 0 unspecified atom stereocenters. The van der Waals surface area contributed by atoms with Gasteiger partial charge in [0, 0.05) is 0 Å². The molecule has 0 aromatic heterocycles. The van der Waals surface area contributed by atoms with E-state index in [2.05, 4.69) is 48.5 Å². The predicted octanol–water partition coefficient (Wildman–Crippen LogP) is 2.84. The number of rotatable bonds is 0. The minimum Gasteiger partial charge on any atom is -0.0616 e. The molecule has 2 rings (SSSR count). The highest BCUT2D eigenvalue weighted by atomic mass is 14.8. The topological polar surface area (TPSA) is 0 Å². The molecule has 0 aliphatic carbocycles. The summed E-state index contributed by atoms with van der Waals surface area (Å²) in [6.07, 6.45) is 0. The highest BCUT2D eigenvalue weighted by Crippen LogP contribution is 2.11. The summed E-state index contributed by atoms with van der Waals surface area (Å²) in [5.41, 5.74) is 0. The molecule has 0 fully saturated rings. The summed E-state index contributed by atoms with van der Waals surface area (Å²) in [7, 11) is 0. The Morgan fingerprint density at radius 2 is 0.800 bits per heavy atom. The second kappa shape index (κ2) is 2.14. The van der Waals surface area contributed by atoms with Gasteiger partial charge in [0.2, 0.25) is 0 Å². The molecule has 2 aromatic carbocycles. The van der Waals surface area contributed by atoms with Crippen LogP contribution >= 0.6 is 0 Å². The van der Waals surface area contributed by atoms with Gasteiger partial charge in [0.25, 0.3) is 0 Å². The SMILES string of the molecule is c1c[13cH][13c]2[13cH][13cH][13cH][13cH][13c]2[13cH]1. The Bertz CT molecular complexity index is 271. The molecular formula is C10H8. The van der Waals surface area contributed by atoms with Crippen LogP contribution in [0.15, 0.2) is 48.5 Å². The summed E-state index contributed by atoms with van der Waals surface area (Å²) >= 11 is 0. The molecule has 0 amide bonds. The Balaban J connectivity index is 2.89. The maximum atomic E-state index is 2.12. The lowest BCUT2D eigenvalue weighted by Crippen LogP contribution is -1.67. The first kappa shape index (κ1) is 5.48. The van der Waals surface area contributed by atoms with Gasteiger partial charge >= 0.3 is 0 Å². The largest absolute Gasteiger partial charge is 0.0616 e. The Hall–Kier alpha value is -1.30. The summed E-state index contributed by atoms with van der Waals surface area (Å²) < 4.78 is 0. The second-order valence-electron chi connectivity index (χ2n) is 2.35. The van der Waals surface area contributed by atoms with Gasteiger partial charge in [0.15, 0.2) is 0 Å². The standard InChI is InChI=1S/C10H8/c1-2-6-10-8-4-3-7-9(10)5-1/h1-8H/i1+1,2+1,5+1,6+1,7+1,8+1,9+1,10+1. The normalized spacial score (nSPS) is 10.0. The lowest BCUT2D eigenvalue weighted by molar-refractivity contribution is 1.75. The Labute approximate surface area is 60.1 Å². The Kier molecular flexibility index (Phi) is 1.17. The van der Waals surface area contributed by atoms with Crippen LogP contribution in [0.1, 0.15) is 0 Å². The van der Waals surface area contributed by atoms with Crippen LogP contribution in [0, 0.1) is 0 Å². The quantitative estimate of drug-likeness (QED) is 0.522. The van der Waals surface area contributed by atoms with Crippen molar-refractivity contribution in [2.75, 3.05) is 0 Å². The van der Waals surface area contributed by atoms with E-state index in [1.807, 2.05) is 0 Å². The van der Waals surface area contributed by atoms with E-state index in [1.54, 1.807) is 0 Å². The van der Waals surface area contributed by atoms with E-state index in [4.69, 9.17) is 0 Å². The third-order valence-electron chi connectivity index (χ3n) is 1.66. The number of benzene rings is 2. The van der Waals surface area contributed by atoms with Crippen molar-refractivity contribution in [3.8, 4) is 0 Å². The van der Waals surface area contributed by atoms with Crippen molar-refractivity contribution in [3.05, 3.63) is 48.5 Å². The highest BCUT2D eigenvalue weighted by Gasteiger charge is 1.85. The third kappa shape index (κ3) is 0.781. The van der Waals surface area contributed by atoms with Crippen LogP contribution < -0.4 is 0 Å². The van der Waals surface area contributed by atoms with Gasteiger partial charge in [-0.25, -0.2) is 0 Å². The molecule has 0 atom stereocenters. The first-order valence-electron chi connectivity index (χ1n) is 3.40. The monoisotopic (exact) mass is 136 g/mol. The maximum absolute atomic E-state index is 2.12. The fraction of sp³-hybridized carbons (Fsp3) is 0. The molecule has 0 nitrogen and oxygen atoms in total. The van der Waals surface area contributed by atoms with Crippen LogP contribution in [0.3, 0.4) is 0 Å². The van der Waals surface area contributed by atoms with Gasteiger partial charge in [-0.1, -0.05) is 48.5 Å². The van der Waals surface area contributed by atoms with Crippen molar-refractivity contribution in [3.63, 3.8) is 0 Å². The van der Waals surface area contributed by atoms with E-state index in [0.29, 0.717) is 0 Å². The van der Waals surface area contributed by atoms with Crippen molar-refractivity contribution in [2.24, 2.45) is 0 Å². The fourth-order valence-corrected chi connectivity index (χ4v) is 1.13. The zero-order valence-corrected chi connectivity index (χ0v) is 5.62. The summed E-state index contributed by atoms with van der Waals surface area (Å²) in [6.45, 7) is 0. The van der Waals surface area contributed by atoms with Crippen LogP contribution in [0.5, 0.6) is 0 Å². The van der Waals surface area contributed by atoms with Gasteiger partial charge in [0.05, 0.1) is 0 Å². The zero-order chi connectivity index (χ0) is 6.81. The van der Waals surface area contributed by atoms with E-state index in [0.717, 1.165) is 0 Å². The summed E-state index contributed by atoms with van der Waals surface area (Å²) in [6, 6.07) is 16.7. The molecule has 48 valence electrons. The van der Waals surface area contributed by atoms with Crippen molar-refractivity contribution in [2.45, 2.75) is 0 Å². The molecule has 0 heteroatoms. The van der Waals surface area contributed by atoms with Crippen LogP contribution in [-0.2, 0) is 0 Å². The predicted molar refractivity (Wildman–Crippen MR) is 43.9 cm³/mol. The number of hydrogen-bond donors (Lipinski definition) is 0. The first-order chi connectivity index (χ1) is 4.97. The third-order valence-corrected chi connectivity index (χ3v) is 1.66. The average Bonchev–Trinajstić information content (AvgIpc) is 2.05. The second-order valence-corrected chi connectivity index (χ2v) is 2.35. The van der Waals surface area contributed by atoms with Crippen molar-refractivity contribution in [1.29, 1.82) is 0 Å². The van der Waals surface area contributed by atoms with E-state index in [9.17, 15) is 0 Å². The zero-order valence-electron chi connectivity index (χ0n) is 5.62. The van der Waals surface area contributed by atoms with Crippen LogP contribution in [0.25, 0.3) is 10.8 Å². The lowest BCUT2D eigenvalue weighted by Gasteiger charge is -1.92. The van der Waals surface area contributed by atoms with Gasteiger partial charge in [-0.15, -0.1) is 0 Å². The molecule has 0 N–H and O–H groups in total. The lowest BCUT2D eigenvalue weighted by atomic mass is 10.8. The van der Waals surface area contributed by atoms with Crippen molar-refractivity contribution < 1.29 is 0 Å². The molecule has 0 bridgehead atoms. The molecule has 0 aliphatic rings. The Morgan fingerprint density at radius 3 is 1.10 bits per heavy atom. The molecule has 0 saturated carbocycles. The highest BCUT2D eigenvalue weighted by molar-refractivity contribution is 5.81. The van der Waals surface area contributed by atoms with Crippen molar-refractivity contribution in [1.82, 2.24) is 0 Å². The fourth-order valence-electron chi connectivity index (χ4n) is 1.13. The molecule has 0 radical (unpaired) electrons. The number of fused-ring (bicyclic) bond motifs is 1. The minimum absolute atomic E-state index is 1.31. The first-order valence-corrected chi connectivity index (χ1v) is 3.40. The summed E-state index contributed by atoms with van der Waals surface area (Å²) in [5.74, 6) is 0. The average molecular weight is 136 g/mol. The van der Waals surface area contributed by atoms with Crippen LogP contribution in [-0.4, -0.2) is 0 Å². The smallest absolute Gasteiger partial charge is 0.0184 e. The van der Waals surface area contributed by atoms with Crippen molar-refractivity contribution >= 4 is 10.8 Å². The van der Waals surface area contributed by atoms with Gasteiger partial charge in [0.1, 0.15) is 0 Å². The van der Waals surface area contributed by atoms with E-state index in [1.165, 1.54) is 10.8 Å². The molecule has 0 heterocycles. The molecule has 0 saturated heterocycles. The van der Waals surface area contributed by atoms with Gasteiger partial charge in [-0.2, -0.15) is 0 Å². The van der Waals surface area contributed by atoms with Crippen LogP contribution in [0.4, 0.5) is 0 Å². The molecule has 2 aromatic rings. The molecule has 0 aliphatic heterocycles. The molecule has 10 heavy (non-hydrogen) atoms.